The number of aromatic nitrogens is 2. The molecule has 2 fully saturated rings. The Kier molecular flexibility index (Phi) is 8.19. The van der Waals surface area contributed by atoms with E-state index >= 15 is 8.78 Å². The van der Waals surface area contributed by atoms with Gasteiger partial charge in [0.05, 0.1) is 23.0 Å². The van der Waals surface area contributed by atoms with Gasteiger partial charge in [0.15, 0.2) is 5.69 Å². The summed E-state index contributed by atoms with van der Waals surface area (Å²) in [5.74, 6) is -3.54. The van der Waals surface area contributed by atoms with E-state index in [1.807, 2.05) is 6.07 Å². The molecule has 282 valence electrons. The van der Waals surface area contributed by atoms with E-state index in [9.17, 15) is 36.6 Å². The van der Waals surface area contributed by atoms with Crippen LogP contribution in [0.1, 0.15) is 102 Å². The molecule has 2 saturated carbocycles. The van der Waals surface area contributed by atoms with Gasteiger partial charge in [0.2, 0.25) is 5.91 Å². The number of benzene rings is 2. The van der Waals surface area contributed by atoms with Gasteiger partial charge in [-0.1, -0.05) is 18.1 Å². The molecule has 3 heterocycles. The number of hydrogen-bond donors (Lipinski definition) is 3. The Bertz CT molecular complexity index is 2230. The van der Waals surface area contributed by atoms with Crippen LogP contribution in [0.3, 0.4) is 0 Å². The number of alkyl halides is 5. The normalized spacial score (nSPS) is 22.3. The number of aliphatic imine (C=N–C) groups is 1. The highest BCUT2D eigenvalue weighted by molar-refractivity contribution is 6.05. The Morgan fingerprint density at radius 3 is 2.44 bits per heavy atom. The maximum Gasteiger partial charge on any atom is 0.435 e. The molecule has 3 unspecified atom stereocenters. The second kappa shape index (κ2) is 12.3. The van der Waals surface area contributed by atoms with Gasteiger partial charge in [-0.15, -0.1) is 0 Å². The predicted molar refractivity (Wildman–Crippen MR) is 181 cm³/mol. The van der Waals surface area contributed by atoms with Crippen molar-refractivity contribution in [2.45, 2.75) is 101 Å². The van der Waals surface area contributed by atoms with Crippen molar-refractivity contribution in [2.75, 3.05) is 0 Å². The molecule has 0 bridgehead atoms. The number of fused-ring (bicyclic) bond motifs is 5. The molecular formula is C39H34F7N5O3. The number of nitrogens with zero attached hydrogens (tertiary/aromatic N) is 3. The number of hydrogen-bond acceptors (Lipinski definition) is 5. The lowest BCUT2D eigenvalue weighted by Gasteiger charge is -2.34. The molecule has 3 aromatic rings. The average Bonchev–Trinajstić information content (AvgIpc) is 3.59. The van der Waals surface area contributed by atoms with E-state index in [4.69, 9.17) is 4.99 Å². The van der Waals surface area contributed by atoms with E-state index in [0.717, 1.165) is 30.5 Å². The van der Waals surface area contributed by atoms with Crippen molar-refractivity contribution < 1.29 is 45.4 Å². The Morgan fingerprint density at radius 2 is 1.81 bits per heavy atom. The molecule has 2 aliphatic heterocycles. The van der Waals surface area contributed by atoms with Crippen LogP contribution in [-0.2, 0) is 35.4 Å². The van der Waals surface area contributed by atoms with E-state index in [1.165, 1.54) is 13.8 Å². The maximum absolute atomic E-state index is 15.6. The molecule has 0 saturated heterocycles. The van der Waals surface area contributed by atoms with E-state index in [-0.39, 0.29) is 49.3 Å². The van der Waals surface area contributed by atoms with Crippen LogP contribution in [0.2, 0.25) is 0 Å². The maximum atomic E-state index is 15.6. The van der Waals surface area contributed by atoms with Crippen molar-refractivity contribution in [1.29, 1.82) is 0 Å². The average molecular weight is 754 g/mol. The first-order valence-electron chi connectivity index (χ1n) is 17.7. The molecule has 15 heteroatoms. The Hall–Kier alpha value is -4.97. The van der Waals surface area contributed by atoms with Crippen LogP contribution in [0.15, 0.2) is 47.1 Å². The summed E-state index contributed by atoms with van der Waals surface area (Å²) in [4.78, 5) is 31.6. The van der Waals surface area contributed by atoms with Crippen molar-refractivity contribution >= 4 is 23.1 Å². The zero-order valence-corrected chi connectivity index (χ0v) is 29.1. The van der Waals surface area contributed by atoms with Gasteiger partial charge in [-0.05, 0) is 105 Å². The molecule has 54 heavy (non-hydrogen) atoms. The monoisotopic (exact) mass is 753 g/mol. The van der Waals surface area contributed by atoms with Gasteiger partial charge in [-0.2, -0.15) is 27.1 Å². The van der Waals surface area contributed by atoms with Crippen molar-refractivity contribution in [3.8, 4) is 11.8 Å². The number of aliphatic hydroxyl groups is 1. The molecule has 3 atom stereocenters. The van der Waals surface area contributed by atoms with Gasteiger partial charge in [-0.3, -0.25) is 14.3 Å². The zero-order valence-electron chi connectivity index (χ0n) is 29.1. The van der Waals surface area contributed by atoms with Gasteiger partial charge in [0.25, 0.3) is 11.8 Å². The van der Waals surface area contributed by atoms with Crippen LogP contribution in [0.4, 0.5) is 30.7 Å². The molecular weight excluding hydrogens is 719 g/mol. The zero-order chi connectivity index (χ0) is 38.5. The van der Waals surface area contributed by atoms with Gasteiger partial charge in [0, 0.05) is 29.5 Å². The summed E-state index contributed by atoms with van der Waals surface area (Å²) in [7, 11) is 0. The van der Waals surface area contributed by atoms with Crippen LogP contribution in [0.5, 0.6) is 0 Å². The summed E-state index contributed by atoms with van der Waals surface area (Å²) in [6.45, 7) is 1.93. The lowest BCUT2D eigenvalue weighted by Crippen LogP contribution is -2.41. The van der Waals surface area contributed by atoms with Gasteiger partial charge in [0.1, 0.15) is 29.5 Å². The highest BCUT2D eigenvalue weighted by atomic mass is 19.4. The summed E-state index contributed by atoms with van der Waals surface area (Å²) in [5.41, 5.74) is -1.80. The molecule has 2 amide bonds. The minimum atomic E-state index is -5.04. The van der Waals surface area contributed by atoms with E-state index in [0.29, 0.717) is 33.2 Å². The van der Waals surface area contributed by atoms with Crippen LogP contribution >= 0.6 is 0 Å². The molecule has 1 aromatic heterocycles. The number of amides is 2. The van der Waals surface area contributed by atoms with E-state index < -0.39 is 82.2 Å². The van der Waals surface area contributed by atoms with Crippen molar-refractivity contribution in [1.82, 2.24) is 20.4 Å². The third kappa shape index (κ3) is 6.27. The lowest BCUT2D eigenvalue weighted by atomic mass is 9.73. The molecule has 5 aliphatic rings. The van der Waals surface area contributed by atoms with Gasteiger partial charge < -0.3 is 15.7 Å². The summed E-state index contributed by atoms with van der Waals surface area (Å²) in [6.07, 6.45) is -3.03. The first kappa shape index (κ1) is 36.0. The highest BCUT2D eigenvalue weighted by Gasteiger charge is 2.63. The van der Waals surface area contributed by atoms with E-state index in [1.54, 1.807) is 12.1 Å². The first-order valence-corrected chi connectivity index (χ1v) is 17.7. The summed E-state index contributed by atoms with van der Waals surface area (Å²) >= 11 is 0. The number of carbonyl (C=O) groups is 2. The highest BCUT2D eigenvalue weighted by Crippen LogP contribution is 2.64. The molecule has 3 aliphatic carbocycles. The molecule has 0 radical (unpaired) electrons. The van der Waals surface area contributed by atoms with Crippen LogP contribution in [-0.4, -0.2) is 44.1 Å². The number of halogens is 7. The Morgan fingerprint density at radius 1 is 1.09 bits per heavy atom. The SMILES string of the molecule is CC(C)(O)C#CC1=NC(C(Cc2cc(F)cc(F)c2)NC(=O)Cn2nc(C(F)(F)F)c3c2C(F)(F)C2CCC32)=C(c2ccc3c(c2)C(=O)NC32CC2)CC1. The van der Waals surface area contributed by atoms with Crippen molar-refractivity contribution in [3.05, 3.63) is 92.9 Å². The number of rotatable bonds is 7. The lowest BCUT2D eigenvalue weighted by molar-refractivity contribution is -0.144. The number of nitrogens with one attached hydrogen (secondary N) is 2. The van der Waals surface area contributed by atoms with Crippen LogP contribution in [0.25, 0.3) is 5.57 Å². The fraction of sp³-hybridized carbons (Fsp3) is 0.436. The third-order valence-electron chi connectivity index (χ3n) is 10.9. The fourth-order valence-corrected chi connectivity index (χ4v) is 8.26. The molecule has 8 nitrogen and oxygen atoms in total. The molecule has 3 N–H and O–H groups in total. The van der Waals surface area contributed by atoms with Crippen LogP contribution in [0, 0.1) is 29.4 Å². The van der Waals surface area contributed by atoms with E-state index in [2.05, 4.69) is 27.6 Å². The second-order valence-electron chi connectivity index (χ2n) is 15.3. The molecule has 8 rings (SSSR count). The standard InChI is InChI=1S/C39H34F7N5O3/c1-36(2,54)10-9-23-4-5-24(20-3-7-27-26(16-20)35(53)49-37(27)11-12-37)32(47-23)29(15-19-13-21(40)17-22(41)14-19)48-30(52)18-51-34-31(33(50-51)39(44,45)46)25-6-8-28(25)38(34,42)43/h3,7,13-14,16-17,25,28-29,54H,4-6,8,11-12,15,18H2,1-2H3,(H,48,52)(H,49,53). The predicted octanol–water partition coefficient (Wildman–Crippen LogP) is 6.66. The van der Waals surface area contributed by atoms with Crippen molar-refractivity contribution in [2.24, 2.45) is 10.9 Å². The Balaban J connectivity index is 1.22. The topological polar surface area (TPSA) is 109 Å². The fourth-order valence-electron chi connectivity index (χ4n) is 8.26. The van der Waals surface area contributed by atoms with Crippen LogP contribution < -0.4 is 10.6 Å². The molecule has 2 aromatic carbocycles. The van der Waals surface area contributed by atoms with Crippen molar-refractivity contribution in [3.63, 3.8) is 0 Å². The minimum Gasteiger partial charge on any atom is -0.378 e. The quantitative estimate of drug-likeness (QED) is 0.185. The number of allylic oxidation sites excluding steroid dienone is 1. The summed E-state index contributed by atoms with van der Waals surface area (Å²) < 4.78 is 103. The van der Waals surface area contributed by atoms with Gasteiger partial charge in [-0.25, -0.2) is 13.8 Å². The minimum absolute atomic E-state index is 0.0288. The smallest absolute Gasteiger partial charge is 0.378 e. The number of carbonyl (C=O) groups excluding carboxylic acids is 2. The second-order valence-corrected chi connectivity index (χ2v) is 15.3. The first-order chi connectivity index (χ1) is 25.3. The Labute approximate surface area is 304 Å². The summed E-state index contributed by atoms with van der Waals surface area (Å²) in [6, 6.07) is 6.88. The van der Waals surface area contributed by atoms with Gasteiger partial charge >= 0.3 is 6.18 Å². The molecule has 1 spiro atoms. The summed E-state index contributed by atoms with van der Waals surface area (Å²) in [5, 5.41) is 19.5. The largest absolute Gasteiger partial charge is 0.435 e. The third-order valence-corrected chi connectivity index (χ3v) is 10.9.